The van der Waals surface area contributed by atoms with Crippen LogP contribution >= 0.6 is 11.8 Å². The summed E-state index contributed by atoms with van der Waals surface area (Å²) in [6.45, 7) is 5.17. The lowest BCUT2D eigenvalue weighted by atomic mass is 10.1. The number of thioether (sulfide) groups is 1. The maximum atomic E-state index is 12.4. The highest BCUT2D eigenvalue weighted by atomic mass is 32.2. The number of nitrogens with one attached hydrogen (secondary N) is 1. The van der Waals surface area contributed by atoms with Crippen LogP contribution in [-0.4, -0.2) is 38.5 Å². The second-order valence-corrected chi connectivity index (χ2v) is 7.63. The summed E-state index contributed by atoms with van der Waals surface area (Å²) in [7, 11) is 3.21. The molecule has 0 radical (unpaired) electrons. The van der Waals surface area contributed by atoms with E-state index in [9.17, 15) is 4.79 Å². The van der Waals surface area contributed by atoms with Crippen molar-refractivity contribution in [3.05, 3.63) is 48.0 Å². The van der Waals surface area contributed by atoms with Crippen molar-refractivity contribution in [2.45, 2.75) is 36.8 Å². The van der Waals surface area contributed by atoms with Crippen molar-refractivity contribution >= 4 is 17.7 Å². The van der Waals surface area contributed by atoms with Crippen LogP contribution in [0.4, 0.5) is 0 Å². The molecular weight excluding hydrogens is 374 g/mol. The van der Waals surface area contributed by atoms with Crippen molar-refractivity contribution in [1.82, 2.24) is 5.32 Å². The number of methoxy groups -OCH3 is 2. The van der Waals surface area contributed by atoms with Gasteiger partial charge in [0.25, 0.3) is 0 Å². The van der Waals surface area contributed by atoms with E-state index in [0.29, 0.717) is 24.7 Å². The minimum atomic E-state index is -0.200. The van der Waals surface area contributed by atoms with Gasteiger partial charge in [0.1, 0.15) is 5.75 Å². The van der Waals surface area contributed by atoms with E-state index in [1.165, 1.54) is 17.3 Å². The monoisotopic (exact) mass is 403 g/mol. The van der Waals surface area contributed by atoms with Crippen molar-refractivity contribution < 1.29 is 19.0 Å². The molecule has 0 heterocycles. The van der Waals surface area contributed by atoms with Gasteiger partial charge in [0.05, 0.1) is 26.1 Å². The number of benzene rings is 2. The van der Waals surface area contributed by atoms with Gasteiger partial charge in [-0.25, -0.2) is 0 Å². The van der Waals surface area contributed by atoms with Gasteiger partial charge in [0.15, 0.2) is 11.5 Å². The fourth-order valence-corrected chi connectivity index (χ4v) is 3.71. The molecule has 0 spiro atoms. The zero-order valence-corrected chi connectivity index (χ0v) is 17.8. The van der Waals surface area contributed by atoms with Crippen molar-refractivity contribution in [3.8, 4) is 17.2 Å². The van der Waals surface area contributed by atoms with Crippen LogP contribution in [-0.2, 0) is 11.2 Å². The van der Waals surface area contributed by atoms with Gasteiger partial charge in [0, 0.05) is 11.4 Å². The van der Waals surface area contributed by atoms with E-state index < -0.39 is 0 Å². The predicted molar refractivity (Wildman–Crippen MR) is 114 cm³/mol. The Hall–Kier alpha value is -2.34. The molecule has 2 aromatic carbocycles. The molecule has 0 aliphatic heterocycles. The molecule has 0 bridgehead atoms. The Morgan fingerprint density at radius 1 is 1.07 bits per heavy atom. The van der Waals surface area contributed by atoms with E-state index in [-0.39, 0.29) is 11.2 Å². The molecule has 1 atom stereocenters. The second-order valence-electron chi connectivity index (χ2n) is 6.21. The van der Waals surface area contributed by atoms with Crippen LogP contribution in [0, 0.1) is 0 Å². The Bertz CT molecular complexity index is 766. The molecule has 6 heteroatoms. The third-order valence-corrected chi connectivity index (χ3v) is 5.33. The van der Waals surface area contributed by atoms with Crippen molar-refractivity contribution in [2.24, 2.45) is 0 Å². The molecule has 1 N–H and O–H groups in total. The van der Waals surface area contributed by atoms with Gasteiger partial charge in [-0.3, -0.25) is 4.79 Å². The van der Waals surface area contributed by atoms with Gasteiger partial charge in [-0.2, -0.15) is 0 Å². The standard InChI is InChI=1S/C22H29NO4S/c1-5-27-19-11-7-6-9-17(19)10-8-14-23-22(24)16(2)28-18-12-13-20(25-3)21(15-18)26-4/h6-7,9,11-13,15-16H,5,8,10,14H2,1-4H3,(H,23,24)/t16-/m1/s1. The highest BCUT2D eigenvalue weighted by Crippen LogP contribution is 2.33. The number of carbonyl (C=O) groups excluding carboxylic acids is 1. The van der Waals surface area contributed by atoms with Crippen molar-refractivity contribution in [2.75, 3.05) is 27.4 Å². The molecule has 0 saturated carbocycles. The Labute approximate surface area is 171 Å². The smallest absolute Gasteiger partial charge is 0.233 e. The first kappa shape index (κ1) is 22.0. The molecular formula is C22H29NO4S. The zero-order valence-electron chi connectivity index (χ0n) is 17.0. The summed E-state index contributed by atoms with van der Waals surface area (Å²) < 4.78 is 16.2. The SMILES string of the molecule is CCOc1ccccc1CCCNC(=O)[C@@H](C)Sc1ccc(OC)c(OC)c1. The number of hydrogen-bond donors (Lipinski definition) is 1. The highest BCUT2D eigenvalue weighted by molar-refractivity contribution is 8.00. The van der Waals surface area contributed by atoms with Gasteiger partial charge in [-0.05, 0) is 56.5 Å². The molecule has 5 nitrogen and oxygen atoms in total. The van der Waals surface area contributed by atoms with Crippen LogP contribution in [0.3, 0.4) is 0 Å². The molecule has 0 unspecified atom stereocenters. The average Bonchev–Trinajstić information content (AvgIpc) is 2.72. The molecule has 1 amide bonds. The van der Waals surface area contributed by atoms with Crippen molar-refractivity contribution in [3.63, 3.8) is 0 Å². The molecule has 0 fully saturated rings. The molecule has 28 heavy (non-hydrogen) atoms. The topological polar surface area (TPSA) is 56.8 Å². The lowest BCUT2D eigenvalue weighted by molar-refractivity contribution is -0.120. The number of hydrogen-bond acceptors (Lipinski definition) is 5. The minimum absolute atomic E-state index is 0.0258. The average molecular weight is 404 g/mol. The fourth-order valence-electron chi connectivity index (χ4n) is 2.79. The van der Waals surface area contributed by atoms with Crippen LogP contribution in [0.5, 0.6) is 17.2 Å². The lowest BCUT2D eigenvalue weighted by Crippen LogP contribution is -2.31. The fraction of sp³-hybridized carbons (Fsp3) is 0.409. The first-order valence-corrected chi connectivity index (χ1v) is 10.3. The number of para-hydroxylation sites is 1. The van der Waals surface area contributed by atoms with Crippen LogP contribution in [0.1, 0.15) is 25.8 Å². The summed E-state index contributed by atoms with van der Waals surface area (Å²) in [4.78, 5) is 13.4. The van der Waals surface area contributed by atoms with Gasteiger partial charge < -0.3 is 19.5 Å². The first-order chi connectivity index (χ1) is 13.6. The van der Waals surface area contributed by atoms with E-state index in [4.69, 9.17) is 14.2 Å². The highest BCUT2D eigenvalue weighted by Gasteiger charge is 2.15. The molecule has 0 saturated heterocycles. The van der Waals surface area contributed by atoms with E-state index in [2.05, 4.69) is 11.4 Å². The molecule has 2 aromatic rings. The summed E-state index contributed by atoms with van der Waals surface area (Å²) in [5.74, 6) is 2.29. The largest absolute Gasteiger partial charge is 0.494 e. The predicted octanol–water partition coefficient (Wildman–Crippen LogP) is 4.33. The van der Waals surface area contributed by atoms with E-state index in [1.807, 2.05) is 50.2 Å². The normalized spacial score (nSPS) is 11.6. The maximum Gasteiger partial charge on any atom is 0.233 e. The molecule has 0 aliphatic rings. The summed E-state index contributed by atoms with van der Waals surface area (Å²) in [6, 6.07) is 13.7. The molecule has 2 rings (SSSR count). The van der Waals surface area contributed by atoms with Gasteiger partial charge >= 0.3 is 0 Å². The number of rotatable bonds is 11. The lowest BCUT2D eigenvalue weighted by Gasteiger charge is -2.14. The van der Waals surface area contributed by atoms with E-state index in [1.54, 1.807) is 14.2 Å². The molecule has 152 valence electrons. The van der Waals surface area contributed by atoms with Crippen molar-refractivity contribution in [1.29, 1.82) is 0 Å². The number of aryl methyl sites for hydroxylation is 1. The number of ether oxygens (including phenoxy) is 3. The van der Waals surface area contributed by atoms with Gasteiger partial charge in [-0.1, -0.05) is 18.2 Å². The third-order valence-electron chi connectivity index (χ3n) is 4.23. The van der Waals surface area contributed by atoms with Crippen LogP contribution in [0.25, 0.3) is 0 Å². The number of carbonyl (C=O) groups is 1. The first-order valence-electron chi connectivity index (χ1n) is 9.46. The summed E-state index contributed by atoms with van der Waals surface area (Å²) in [5.41, 5.74) is 1.17. The number of amides is 1. The minimum Gasteiger partial charge on any atom is -0.494 e. The van der Waals surface area contributed by atoms with Gasteiger partial charge in [0.2, 0.25) is 5.91 Å². The summed E-state index contributed by atoms with van der Waals surface area (Å²) in [6.07, 6.45) is 1.73. The third kappa shape index (κ3) is 6.37. The summed E-state index contributed by atoms with van der Waals surface area (Å²) >= 11 is 1.50. The molecule has 0 aromatic heterocycles. The Morgan fingerprint density at radius 3 is 2.54 bits per heavy atom. The van der Waals surface area contributed by atoms with Crippen LogP contribution in [0.15, 0.2) is 47.4 Å². The maximum absolute atomic E-state index is 12.4. The second kappa shape index (κ2) is 11.5. The quantitative estimate of drug-likeness (QED) is 0.447. The van der Waals surface area contributed by atoms with E-state index >= 15 is 0 Å². The summed E-state index contributed by atoms with van der Waals surface area (Å²) in [5, 5.41) is 2.82. The van der Waals surface area contributed by atoms with Crippen LogP contribution < -0.4 is 19.5 Å². The van der Waals surface area contributed by atoms with Gasteiger partial charge in [-0.15, -0.1) is 11.8 Å². The van der Waals surface area contributed by atoms with E-state index in [0.717, 1.165) is 23.5 Å². The Morgan fingerprint density at radius 2 is 1.82 bits per heavy atom. The Balaban J connectivity index is 1.80. The molecule has 0 aliphatic carbocycles. The zero-order chi connectivity index (χ0) is 20.4. The van der Waals surface area contributed by atoms with Crippen LogP contribution in [0.2, 0.25) is 0 Å². The Kier molecular flexibility index (Phi) is 9.01.